The third-order valence-electron chi connectivity index (χ3n) is 1.33. The predicted octanol–water partition coefficient (Wildman–Crippen LogP) is 0.690. The second kappa shape index (κ2) is 4.71. The van der Waals surface area contributed by atoms with Gasteiger partial charge in [-0.05, 0) is 6.92 Å². The molecule has 0 unspecified atom stereocenters. The number of ether oxygens (including phenoxy) is 1. The number of methoxy groups -OCH3 is 1. The fourth-order valence-corrected chi connectivity index (χ4v) is 0.772. The van der Waals surface area contributed by atoms with Crippen molar-refractivity contribution in [1.29, 1.82) is 0 Å². The summed E-state index contributed by atoms with van der Waals surface area (Å²) in [6, 6.07) is 0.476. The van der Waals surface area contributed by atoms with E-state index in [9.17, 15) is 0 Å². The lowest BCUT2D eigenvalue weighted by Crippen LogP contribution is -1.98. The van der Waals surface area contributed by atoms with E-state index in [2.05, 4.69) is 15.5 Å². The molecule has 5 nitrogen and oxygen atoms in total. The van der Waals surface area contributed by atoms with Crippen LogP contribution in [0.5, 0.6) is 0 Å². The van der Waals surface area contributed by atoms with Crippen molar-refractivity contribution in [2.24, 2.45) is 0 Å². The van der Waals surface area contributed by atoms with Crippen molar-refractivity contribution in [3.05, 3.63) is 5.82 Å². The molecule has 68 valence electrons. The van der Waals surface area contributed by atoms with Crippen molar-refractivity contribution in [3.8, 4) is 0 Å². The molecule has 0 aliphatic heterocycles. The first-order valence-corrected chi connectivity index (χ1v) is 3.92. The minimum atomic E-state index is 0.476. The maximum absolute atomic E-state index is 4.87. The van der Waals surface area contributed by atoms with E-state index in [-0.39, 0.29) is 0 Å². The highest BCUT2D eigenvalue weighted by Crippen LogP contribution is 2.02. The fraction of sp³-hybridized carbons (Fsp3) is 0.714. The molecule has 0 saturated carbocycles. The van der Waals surface area contributed by atoms with Gasteiger partial charge >= 0.3 is 6.01 Å². The van der Waals surface area contributed by atoms with Gasteiger partial charge in [0.15, 0.2) is 5.82 Å². The van der Waals surface area contributed by atoms with Crippen LogP contribution in [0.25, 0.3) is 0 Å². The summed E-state index contributed by atoms with van der Waals surface area (Å²) in [5.41, 5.74) is 0. The Bertz CT molecular complexity index is 224. The van der Waals surface area contributed by atoms with Crippen LogP contribution in [-0.4, -0.2) is 30.4 Å². The van der Waals surface area contributed by atoms with Crippen LogP contribution in [0.1, 0.15) is 12.7 Å². The van der Waals surface area contributed by atoms with Crippen LogP contribution < -0.4 is 5.32 Å². The van der Waals surface area contributed by atoms with Crippen molar-refractivity contribution >= 4 is 6.01 Å². The molecule has 0 bridgehead atoms. The molecule has 0 atom stereocenters. The molecule has 1 aromatic rings. The molecule has 0 saturated heterocycles. The van der Waals surface area contributed by atoms with Crippen molar-refractivity contribution in [2.45, 2.75) is 13.3 Å². The molecule has 0 aliphatic rings. The Morgan fingerprint density at radius 1 is 1.58 bits per heavy atom. The SMILES string of the molecule is CCNc1nc(CCOC)no1. The zero-order chi connectivity index (χ0) is 8.81. The van der Waals surface area contributed by atoms with Gasteiger partial charge in [0.2, 0.25) is 0 Å². The van der Waals surface area contributed by atoms with E-state index in [1.807, 2.05) is 6.92 Å². The molecule has 0 aromatic carbocycles. The number of nitrogens with one attached hydrogen (secondary N) is 1. The van der Waals surface area contributed by atoms with E-state index in [0.29, 0.717) is 24.9 Å². The van der Waals surface area contributed by atoms with Crippen LogP contribution >= 0.6 is 0 Å². The van der Waals surface area contributed by atoms with Crippen molar-refractivity contribution in [2.75, 3.05) is 25.6 Å². The van der Waals surface area contributed by atoms with Gasteiger partial charge in [0.25, 0.3) is 0 Å². The Balaban J connectivity index is 2.41. The van der Waals surface area contributed by atoms with E-state index in [1.165, 1.54) is 0 Å². The number of aromatic nitrogens is 2. The molecule has 1 heterocycles. The maximum Gasteiger partial charge on any atom is 0.321 e. The van der Waals surface area contributed by atoms with Crippen LogP contribution in [0.2, 0.25) is 0 Å². The standard InChI is InChI=1S/C7H13N3O2/c1-3-8-7-9-6(10-12-7)4-5-11-2/h3-5H2,1-2H3,(H,8,9,10). The summed E-state index contributed by atoms with van der Waals surface area (Å²) in [5, 5.41) is 6.67. The first kappa shape index (κ1) is 8.99. The van der Waals surface area contributed by atoms with E-state index in [1.54, 1.807) is 7.11 Å². The first-order chi connectivity index (χ1) is 5.86. The fourth-order valence-electron chi connectivity index (χ4n) is 0.772. The zero-order valence-corrected chi connectivity index (χ0v) is 7.33. The molecule has 5 heteroatoms. The monoisotopic (exact) mass is 171 g/mol. The minimum Gasteiger partial charge on any atom is -0.384 e. The Kier molecular flexibility index (Phi) is 3.53. The molecule has 0 amide bonds. The summed E-state index contributed by atoms with van der Waals surface area (Å²) >= 11 is 0. The van der Waals surface area contributed by atoms with Crippen LogP contribution in [0, 0.1) is 0 Å². The third-order valence-corrected chi connectivity index (χ3v) is 1.33. The number of rotatable bonds is 5. The number of hydrogen-bond donors (Lipinski definition) is 1. The average Bonchev–Trinajstić information content (AvgIpc) is 2.50. The van der Waals surface area contributed by atoms with Gasteiger partial charge in [-0.1, -0.05) is 5.16 Å². The van der Waals surface area contributed by atoms with E-state index in [0.717, 1.165) is 6.54 Å². The molecular formula is C7H13N3O2. The Morgan fingerprint density at radius 3 is 3.08 bits per heavy atom. The van der Waals surface area contributed by atoms with Gasteiger partial charge in [0.1, 0.15) is 0 Å². The molecule has 0 fully saturated rings. The summed E-state index contributed by atoms with van der Waals surface area (Å²) in [6.07, 6.45) is 0.686. The number of hydrogen-bond acceptors (Lipinski definition) is 5. The molecule has 1 aromatic heterocycles. The molecule has 0 spiro atoms. The second-order valence-electron chi connectivity index (χ2n) is 2.29. The zero-order valence-electron chi connectivity index (χ0n) is 7.33. The molecule has 1 N–H and O–H groups in total. The van der Waals surface area contributed by atoms with Crippen LogP contribution in [-0.2, 0) is 11.2 Å². The van der Waals surface area contributed by atoms with E-state index >= 15 is 0 Å². The van der Waals surface area contributed by atoms with Crippen LogP contribution in [0.15, 0.2) is 4.52 Å². The third kappa shape index (κ3) is 2.50. The lowest BCUT2D eigenvalue weighted by Gasteiger charge is -1.91. The predicted molar refractivity (Wildman–Crippen MR) is 44.0 cm³/mol. The van der Waals surface area contributed by atoms with E-state index < -0.39 is 0 Å². The largest absolute Gasteiger partial charge is 0.384 e. The highest BCUT2D eigenvalue weighted by Gasteiger charge is 2.03. The number of anilines is 1. The van der Waals surface area contributed by atoms with Crippen molar-refractivity contribution in [3.63, 3.8) is 0 Å². The van der Waals surface area contributed by atoms with Gasteiger partial charge in [-0.2, -0.15) is 4.98 Å². The normalized spacial score (nSPS) is 10.2. The minimum absolute atomic E-state index is 0.476. The van der Waals surface area contributed by atoms with Gasteiger partial charge in [-0.25, -0.2) is 0 Å². The smallest absolute Gasteiger partial charge is 0.321 e. The van der Waals surface area contributed by atoms with Crippen LogP contribution in [0.3, 0.4) is 0 Å². The second-order valence-corrected chi connectivity index (χ2v) is 2.29. The molecule has 0 aliphatic carbocycles. The Hall–Kier alpha value is -1.10. The average molecular weight is 171 g/mol. The Labute approximate surface area is 71.1 Å². The van der Waals surface area contributed by atoms with Crippen LogP contribution in [0.4, 0.5) is 6.01 Å². The summed E-state index contributed by atoms with van der Waals surface area (Å²) in [7, 11) is 1.64. The first-order valence-electron chi connectivity index (χ1n) is 3.92. The number of nitrogens with zero attached hydrogens (tertiary/aromatic N) is 2. The Morgan fingerprint density at radius 2 is 2.42 bits per heavy atom. The maximum atomic E-state index is 4.87. The van der Waals surface area contributed by atoms with Gasteiger partial charge in [-0.15, -0.1) is 0 Å². The van der Waals surface area contributed by atoms with Crippen molar-refractivity contribution < 1.29 is 9.26 Å². The van der Waals surface area contributed by atoms with E-state index in [4.69, 9.17) is 9.26 Å². The van der Waals surface area contributed by atoms with Gasteiger partial charge in [0.05, 0.1) is 6.61 Å². The van der Waals surface area contributed by atoms with Gasteiger partial charge < -0.3 is 14.6 Å². The molecule has 1 rings (SSSR count). The van der Waals surface area contributed by atoms with Gasteiger partial charge in [-0.3, -0.25) is 0 Å². The summed E-state index contributed by atoms with van der Waals surface area (Å²) in [5.74, 6) is 0.674. The topological polar surface area (TPSA) is 60.2 Å². The summed E-state index contributed by atoms with van der Waals surface area (Å²) < 4.78 is 9.75. The quantitative estimate of drug-likeness (QED) is 0.706. The highest BCUT2D eigenvalue weighted by atomic mass is 16.5. The summed E-state index contributed by atoms with van der Waals surface area (Å²) in [6.45, 7) is 3.37. The van der Waals surface area contributed by atoms with Gasteiger partial charge in [0, 0.05) is 20.1 Å². The molecule has 12 heavy (non-hydrogen) atoms. The lowest BCUT2D eigenvalue weighted by atomic mass is 10.4. The lowest BCUT2D eigenvalue weighted by molar-refractivity contribution is 0.199. The highest BCUT2D eigenvalue weighted by molar-refractivity contribution is 5.17. The summed E-state index contributed by atoms with van der Waals surface area (Å²) in [4.78, 5) is 4.07. The molecular weight excluding hydrogens is 158 g/mol. The molecule has 0 radical (unpaired) electrons. The van der Waals surface area contributed by atoms with Crippen molar-refractivity contribution in [1.82, 2.24) is 10.1 Å².